The number of hydrogen-bond donors (Lipinski definition) is 1. The second kappa shape index (κ2) is 9.74. The van der Waals surface area contributed by atoms with Gasteiger partial charge in [-0.25, -0.2) is 4.68 Å². The SMILES string of the molecule is C=C(C)[C@H](NC(=O)C(C)(F)F)[C@H](Oc1ccc2c(cnn2C2=CN(C)CC=C2)c1)c1ccccc1. The molecule has 0 fully saturated rings. The number of nitrogens with one attached hydrogen (secondary N) is 1. The van der Waals surface area contributed by atoms with Crippen LogP contribution in [0.1, 0.15) is 25.5 Å². The zero-order valence-electron chi connectivity index (χ0n) is 19.9. The molecule has 0 aliphatic carbocycles. The largest absolute Gasteiger partial charge is 0.483 e. The van der Waals surface area contributed by atoms with Gasteiger partial charge in [-0.15, -0.1) is 0 Å². The summed E-state index contributed by atoms with van der Waals surface area (Å²) in [4.78, 5) is 14.2. The lowest BCUT2D eigenvalue weighted by molar-refractivity contribution is -0.144. The van der Waals surface area contributed by atoms with Gasteiger partial charge in [0.2, 0.25) is 0 Å². The summed E-state index contributed by atoms with van der Waals surface area (Å²) in [5.74, 6) is -4.40. The van der Waals surface area contributed by atoms with Crippen molar-refractivity contribution in [2.24, 2.45) is 0 Å². The van der Waals surface area contributed by atoms with E-state index in [9.17, 15) is 13.6 Å². The van der Waals surface area contributed by atoms with Crippen LogP contribution in [0.25, 0.3) is 16.6 Å². The van der Waals surface area contributed by atoms with Crippen LogP contribution in [-0.4, -0.2) is 46.1 Å². The van der Waals surface area contributed by atoms with Crippen molar-refractivity contribution in [3.8, 4) is 5.75 Å². The first-order valence-corrected chi connectivity index (χ1v) is 11.3. The topological polar surface area (TPSA) is 59.4 Å². The molecule has 1 aliphatic rings. The van der Waals surface area contributed by atoms with E-state index in [1.54, 1.807) is 19.2 Å². The highest BCUT2D eigenvalue weighted by Crippen LogP contribution is 2.31. The molecule has 182 valence electrons. The van der Waals surface area contributed by atoms with Crippen molar-refractivity contribution >= 4 is 22.5 Å². The minimum absolute atomic E-state index is 0.491. The number of ether oxygens (including phenoxy) is 1. The van der Waals surface area contributed by atoms with Crippen LogP contribution in [0.2, 0.25) is 0 Å². The van der Waals surface area contributed by atoms with E-state index in [4.69, 9.17) is 4.74 Å². The Morgan fingerprint density at radius 3 is 2.63 bits per heavy atom. The first-order chi connectivity index (χ1) is 16.6. The summed E-state index contributed by atoms with van der Waals surface area (Å²) in [6.45, 7) is 7.00. The maximum atomic E-state index is 13.7. The molecule has 2 heterocycles. The minimum Gasteiger partial charge on any atom is -0.483 e. The van der Waals surface area contributed by atoms with E-state index in [1.165, 1.54) is 0 Å². The Balaban J connectivity index is 1.67. The van der Waals surface area contributed by atoms with Gasteiger partial charge < -0.3 is 15.0 Å². The molecule has 1 amide bonds. The number of allylic oxidation sites excluding steroid dienone is 2. The number of halogens is 2. The monoisotopic (exact) mass is 478 g/mol. The lowest BCUT2D eigenvalue weighted by Gasteiger charge is -2.30. The molecular formula is C27H28F2N4O2. The smallest absolute Gasteiger partial charge is 0.321 e. The Morgan fingerprint density at radius 2 is 1.97 bits per heavy atom. The molecule has 35 heavy (non-hydrogen) atoms. The van der Waals surface area contributed by atoms with Gasteiger partial charge in [0.1, 0.15) is 11.9 Å². The number of rotatable bonds is 8. The summed E-state index contributed by atoms with van der Waals surface area (Å²) in [5, 5.41) is 7.79. The van der Waals surface area contributed by atoms with Crippen molar-refractivity contribution < 1.29 is 18.3 Å². The molecule has 0 bridgehead atoms. The average molecular weight is 479 g/mol. The van der Waals surface area contributed by atoms with E-state index in [2.05, 4.69) is 28.0 Å². The van der Waals surface area contributed by atoms with Crippen LogP contribution in [0.15, 0.2) is 85.2 Å². The predicted octanol–water partition coefficient (Wildman–Crippen LogP) is 5.17. The van der Waals surface area contributed by atoms with E-state index >= 15 is 0 Å². The molecule has 1 aliphatic heterocycles. The molecular weight excluding hydrogens is 450 g/mol. The number of benzene rings is 2. The fourth-order valence-corrected chi connectivity index (χ4v) is 3.92. The summed E-state index contributed by atoms with van der Waals surface area (Å²) in [7, 11) is 2.00. The van der Waals surface area contributed by atoms with Gasteiger partial charge in [0.05, 0.1) is 23.5 Å². The van der Waals surface area contributed by atoms with Crippen molar-refractivity contribution in [2.75, 3.05) is 13.6 Å². The van der Waals surface area contributed by atoms with Crippen molar-refractivity contribution in [2.45, 2.75) is 31.9 Å². The van der Waals surface area contributed by atoms with Crippen LogP contribution in [0.3, 0.4) is 0 Å². The third-order valence-electron chi connectivity index (χ3n) is 5.73. The lowest BCUT2D eigenvalue weighted by atomic mass is 9.96. The van der Waals surface area contributed by atoms with Gasteiger partial charge >= 0.3 is 5.92 Å². The summed E-state index contributed by atoms with van der Waals surface area (Å²) in [6, 6.07) is 13.8. The Labute approximate surface area is 203 Å². The maximum absolute atomic E-state index is 13.7. The predicted molar refractivity (Wildman–Crippen MR) is 133 cm³/mol. The van der Waals surface area contributed by atoms with Crippen molar-refractivity contribution in [3.63, 3.8) is 0 Å². The van der Waals surface area contributed by atoms with Crippen molar-refractivity contribution in [3.05, 3.63) is 90.8 Å². The highest BCUT2D eigenvalue weighted by molar-refractivity contribution is 5.84. The molecule has 1 N–H and O–H groups in total. The van der Waals surface area contributed by atoms with Gasteiger partial charge in [0.15, 0.2) is 0 Å². The molecule has 1 aromatic heterocycles. The van der Waals surface area contributed by atoms with Crippen LogP contribution in [-0.2, 0) is 4.79 Å². The van der Waals surface area contributed by atoms with E-state index in [1.807, 2.05) is 66.5 Å². The highest BCUT2D eigenvalue weighted by Gasteiger charge is 2.37. The highest BCUT2D eigenvalue weighted by atomic mass is 19.3. The lowest BCUT2D eigenvalue weighted by Crippen LogP contribution is -2.47. The van der Waals surface area contributed by atoms with Crippen LogP contribution >= 0.6 is 0 Å². The summed E-state index contributed by atoms with van der Waals surface area (Å²) in [6.07, 6.45) is 7.08. The summed E-state index contributed by atoms with van der Waals surface area (Å²) < 4.78 is 35.5. The number of amides is 1. The molecule has 2 atom stereocenters. The number of alkyl halides is 2. The molecule has 8 heteroatoms. The molecule has 0 spiro atoms. The van der Waals surface area contributed by atoms with E-state index in [0.29, 0.717) is 18.2 Å². The van der Waals surface area contributed by atoms with Gasteiger partial charge in [-0.2, -0.15) is 13.9 Å². The summed E-state index contributed by atoms with van der Waals surface area (Å²) >= 11 is 0. The third-order valence-corrected chi connectivity index (χ3v) is 5.73. The van der Waals surface area contributed by atoms with Crippen LogP contribution in [0.5, 0.6) is 5.75 Å². The maximum Gasteiger partial charge on any atom is 0.321 e. The molecule has 0 unspecified atom stereocenters. The van der Waals surface area contributed by atoms with Gasteiger partial charge in [0, 0.05) is 32.1 Å². The quantitative estimate of drug-likeness (QED) is 0.454. The van der Waals surface area contributed by atoms with Gasteiger partial charge in [-0.1, -0.05) is 48.6 Å². The number of fused-ring (bicyclic) bond motifs is 1. The molecule has 4 rings (SSSR count). The van der Waals surface area contributed by atoms with Crippen molar-refractivity contribution in [1.82, 2.24) is 20.0 Å². The number of hydrogen-bond acceptors (Lipinski definition) is 4. The van der Waals surface area contributed by atoms with Crippen molar-refractivity contribution in [1.29, 1.82) is 0 Å². The Morgan fingerprint density at radius 1 is 1.23 bits per heavy atom. The van der Waals surface area contributed by atoms with Crippen LogP contribution < -0.4 is 10.1 Å². The number of carbonyl (C=O) groups excluding carboxylic acids is 1. The Kier molecular flexibility index (Phi) is 6.73. The number of likely N-dealkylation sites (N-methyl/N-ethyl adjacent to an activating group) is 1. The first-order valence-electron chi connectivity index (χ1n) is 11.3. The van der Waals surface area contributed by atoms with Gasteiger partial charge in [0.25, 0.3) is 5.91 Å². The fraction of sp³-hybridized carbons (Fsp3) is 0.259. The average Bonchev–Trinajstić information content (AvgIpc) is 3.24. The molecule has 0 saturated heterocycles. The number of nitrogens with zero attached hydrogens (tertiary/aromatic N) is 3. The Bertz CT molecular complexity index is 1290. The van der Waals surface area contributed by atoms with Gasteiger partial charge in [-0.3, -0.25) is 4.79 Å². The molecule has 0 saturated carbocycles. The normalized spacial score (nSPS) is 15.5. The number of carbonyl (C=O) groups is 1. The second-order valence-corrected chi connectivity index (χ2v) is 8.81. The van der Waals surface area contributed by atoms with E-state index in [-0.39, 0.29) is 0 Å². The standard InChI is InChI=1S/C27H28F2N4O2/c1-18(2)24(31-26(34)27(3,28)29)25(19-9-6-5-7-10-19)35-22-12-13-23-20(15-22)16-30-33(23)21-11-8-14-32(4)17-21/h5-13,15-17,24-25H,1,14H2,2-4H3,(H,31,34)/t24-,25+/m0/s1. The minimum atomic E-state index is -3.53. The summed E-state index contributed by atoms with van der Waals surface area (Å²) in [5.41, 5.74) is 3.05. The van der Waals surface area contributed by atoms with Crippen LogP contribution in [0.4, 0.5) is 8.78 Å². The first kappa shape index (κ1) is 24.2. The zero-order chi connectivity index (χ0) is 25.2. The van der Waals surface area contributed by atoms with E-state index < -0.39 is 24.0 Å². The van der Waals surface area contributed by atoms with E-state index in [0.717, 1.165) is 28.7 Å². The molecule has 6 nitrogen and oxygen atoms in total. The third kappa shape index (κ3) is 5.42. The molecule has 2 aromatic carbocycles. The zero-order valence-corrected chi connectivity index (χ0v) is 19.9. The molecule has 3 aromatic rings. The fourth-order valence-electron chi connectivity index (χ4n) is 3.92. The molecule has 0 radical (unpaired) electrons. The van der Waals surface area contributed by atoms with Crippen LogP contribution in [0, 0.1) is 0 Å². The number of aromatic nitrogens is 2. The second-order valence-electron chi connectivity index (χ2n) is 8.81. The Hall–Kier alpha value is -3.94. The van der Waals surface area contributed by atoms with Gasteiger partial charge in [-0.05, 0) is 36.8 Å².